The molecule has 12 heavy (non-hydrogen) atoms. The van der Waals surface area contributed by atoms with Crippen molar-refractivity contribution >= 4 is 0 Å². The predicted octanol–water partition coefficient (Wildman–Crippen LogP) is 2.34. The first kappa shape index (κ1) is 11.3. The largest absolute Gasteiger partial charge is 0.314 e. The van der Waals surface area contributed by atoms with E-state index in [-0.39, 0.29) is 0 Å². The van der Waals surface area contributed by atoms with Crippen LogP contribution in [0.3, 0.4) is 0 Å². The van der Waals surface area contributed by atoms with E-state index in [1.807, 2.05) is 6.08 Å². The summed E-state index contributed by atoms with van der Waals surface area (Å²) in [6.07, 6.45) is 11.3. The van der Waals surface area contributed by atoms with Gasteiger partial charge < -0.3 is 5.32 Å². The van der Waals surface area contributed by atoms with Crippen LogP contribution in [0.25, 0.3) is 0 Å². The van der Waals surface area contributed by atoms with Crippen LogP contribution < -0.4 is 5.32 Å². The molecule has 1 atom stereocenters. The minimum atomic E-state index is 0.584. The molecule has 0 heterocycles. The lowest BCUT2D eigenvalue weighted by molar-refractivity contribution is 0.513. The smallest absolute Gasteiger partial charge is 0.00981 e. The fourth-order valence-electron chi connectivity index (χ4n) is 1.01. The second-order valence-electron chi connectivity index (χ2n) is 3.03. The van der Waals surface area contributed by atoms with E-state index in [0.717, 1.165) is 25.8 Å². The lowest BCUT2D eigenvalue weighted by Gasteiger charge is -2.11. The quantitative estimate of drug-likeness (QED) is 0.347. The first-order valence-electron chi connectivity index (χ1n) is 4.59. The summed E-state index contributed by atoms with van der Waals surface area (Å²) in [7, 11) is 0. The van der Waals surface area contributed by atoms with Gasteiger partial charge in [0, 0.05) is 12.5 Å². The summed E-state index contributed by atoms with van der Waals surface area (Å²) in [4.78, 5) is 0. The molecule has 1 N–H and O–H groups in total. The number of nitrogens with one attached hydrogen (secondary N) is 1. The van der Waals surface area contributed by atoms with Crippen LogP contribution in [0.2, 0.25) is 0 Å². The molecule has 0 aliphatic rings. The van der Waals surface area contributed by atoms with Gasteiger partial charge in [0.05, 0.1) is 0 Å². The highest BCUT2D eigenvalue weighted by atomic mass is 14.9. The molecule has 1 heteroatoms. The van der Waals surface area contributed by atoms with E-state index in [1.165, 1.54) is 6.42 Å². The number of rotatable bonds is 7. The normalized spacial score (nSPS) is 12.0. The van der Waals surface area contributed by atoms with Crippen LogP contribution in [-0.2, 0) is 0 Å². The van der Waals surface area contributed by atoms with Crippen molar-refractivity contribution in [2.75, 3.05) is 6.54 Å². The van der Waals surface area contributed by atoms with Gasteiger partial charge in [-0.25, -0.2) is 0 Å². The maximum absolute atomic E-state index is 5.13. The molecule has 0 aromatic heterocycles. The first-order valence-corrected chi connectivity index (χ1v) is 4.59. The van der Waals surface area contributed by atoms with E-state index in [2.05, 4.69) is 24.7 Å². The fraction of sp³-hybridized carbons (Fsp3) is 0.636. The van der Waals surface area contributed by atoms with Crippen molar-refractivity contribution < 1.29 is 0 Å². The second kappa shape index (κ2) is 8.36. The molecular formula is C11H19N. The van der Waals surface area contributed by atoms with Crippen LogP contribution in [0.15, 0.2) is 12.7 Å². The standard InChI is InChI=1S/C11H19N/c1-4-6-8-10-12-11(3)9-7-5-2/h1,5,11-12H,2,6-10H2,3H3. The van der Waals surface area contributed by atoms with Gasteiger partial charge in [-0.05, 0) is 32.7 Å². The van der Waals surface area contributed by atoms with Gasteiger partial charge in [-0.15, -0.1) is 18.9 Å². The third-order valence-electron chi connectivity index (χ3n) is 1.79. The Kier molecular flexibility index (Phi) is 7.84. The summed E-state index contributed by atoms with van der Waals surface area (Å²) in [5, 5.41) is 3.41. The van der Waals surface area contributed by atoms with E-state index >= 15 is 0 Å². The average Bonchev–Trinajstić information content (AvgIpc) is 2.09. The Balaban J connectivity index is 3.14. The maximum Gasteiger partial charge on any atom is 0.00981 e. The molecule has 0 aliphatic carbocycles. The third-order valence-corrected chi connectivity index (χ3v) is 1.79. The van der Waals surface area contributed by atoms with Gasteiger partial charge >= 0.3 is 0 Å². The van der Waals surface area contributed by atoms with Crippen LogP contribution in [0.1, 0.15) is 32.6 Å². The van der Waals surface area contributed by atoms with Gasteiger partial charge in [0.1, 0.15) is 0 Å². The molecule has 0 aromatic rings. The summed E-state index contributed by atoms with van der Waals surface area (Å²) in [6, 6.07) is 0.584. The number of unbranched alkanes of at least 4 members (excludes halogenated alkanes) is 1. The van der Waals surface area contributed by atoms with Crippen molar-refractivity contribution in [3.8, 4) is 12.3 Å². The molecule has 0 rings (SSSR count). The molecule has 0 saturated heterocycles. The number of hydrogen-bond donors (Lipinski definition) is 1. The van der Waals surface area contributed by atoms with Gasteiger partial charge in [0.25, 0.3) is 0 Å². The van der Waals surface area contributed by atoms with E-state index in [9.17, 15) is 0 Å². The Bertz CT molecular complexity index is 144. The van der Waals surface area contributed by atoms with Crippen molar-refractivity contribution in [2.45, 2.75) is 38.6 Å². The van der Waals surface area contributed by atoms with Crippen molar-refractivity contribution in [1.82, 2.24) is 5.32 Å². The number of hydrogen-bond acceptors (Lipinski definition) is 1. The van der Waals surface area contributed by atoms with Crippen LogP contribution in [0.5, 0.6) is 0 Å². The molecular weight excluding hydrogens is 146 g/mol. The summed E-state index contributed by atoms with van der Waals surface area (Å²) >= 11 is 0. The molecule has 0 amide bonds. The maximum atomic E-state index is 5.13. The van der Waals surface area contributed by atoms with Gasteiger partial charge in [-0.3, -0.25) is 0 Å². The van der Waals surface area contributed by atoms with Crippen molar-refractivity contribution in [3.63, 3.8) is 0 Å². The SMILES string of the molecule is C#CCCCNC(C)CCC=C. The predicted molar refractivity (Wildman–Crippen MR) is 55.0 cm³/mol. The van der Waals surface area contributed by atoms with Crippen LogP contribution in [0.4, 0.5) is 0 Å². The average molecular weight is 165 g/mol. The van der Waals surface area contributed by atoms with E-state index in [0.29, 0.717) is 6.04 Å². The molecule has 0 spiro atoms. The van der Waals surface area contributed by atoms with Crippen molar-refractivity contribution in [3.05, 3.63) is 12.7 Å². The lowest BCUT2D eigenvalue weighted by atomic mass is 10.2. The van der Waals surface area contributed by atoms with Crippen LogP contribution in [-0.4, -0.2) is 12.6 Å². The number of allylic oxidation sites excluding steroid dienone is 1. The van der Waals surface area contributed by atoms with Crippen molar-refractivity contribution in [2.24, 2.45) is 0 Å². The fourth-order valence-corrected chi connectivity index (χ4v) is 1.01. The van der Waals surface area contributed by atoms with E-state index in [4.69, 9.17) is 6.42 Å². The Morgan fingerprint density at radius 2 is 2.42 bits per heavy atom. The number of terminal acetylenes is 1. The Morgan fingerprint density at radius 1 is 1.67 bits per heavy atom. The molecule has 1 unspecified atom stereocenters. The van der Waals surface area contributed by atoms with Crippen molar-refractivity contribution in [1.29, 1.82) is 0 Å². The monoisotopic (exact) mass is 165 g/mol. The highest BCUT2D eigenvalue weighted by Crippen LogP contribution is 1.96. The lowest BCUT2D eigenvalue weighted by Crippen LogP contribution is -2.26. The van der Waals surface area contributed by atoms with Gasteiger partial charge in [0.15, 0.2) is 0 Å². The summed E-state index contributed by atoms with van der Waals surface area (Å²) < 4.78 is 0. The van der Waals surface area contributed by atoms with E-state index < -0.39 is 0 Å². The zero-order chi connectivity index (χ0) is 9.23. The van der Waals surface area contributed by atoms with Crippen LogP contribution in [0, 0.1) is 12.3 Å². The highest BCUT2D eigenvalue weighted by Gasteiger charge is 1.97. The minimum Gasteiger partial charge on any atom is -0.314 e. The molecule has 0 saturated carbocycles. The minimum absolute atomic E-state index is 0.584. The molecule has 0 aromatic carbocycles. The second-order valence-corrected chi connectivity index (χ2v) is 3.03. The summed E-state index contributed by atoms with van der Waals surface area (Å²) in [5.41, 5.74) is 0. The zero-order valence-electron chi connectivity index (χ0n) is 7.97. The van der Waals surface area contributed by atoms with Gasteiger partial charge in [-0.2, -0.15) is 0 Å². The first-order chi connectivity index (χ1) is 5.81. The Morgan fingerprint density at radius 3 is 3.00 bits per heavy atom. The van der Waals surface area contributed by atoms with E-state index in [1.54, 1.807) is 0 Å². The summed E-state index contributed by atoms with van der Waals surface area (Å²) in [6.45, 7) is 6.91. The summed E-state index contributed by atoms with van der Waals surface area (Å²) in [5.74, 6) is 2.63. The molecule has 0 radical (unpaired) electrons. The molecule has 68 valence electrons. The molecule has 0 aliphatic heterocycles. The molecule has 0 fully saturated rings. The molecule has 0 bridgehead atoms. The van der Waals surface area contributed by atoms with Crippen LogP contribution >= 0.6 is 0 Å². The highest BCUT2D eigenvalue weighted by molar-refractivity contribution is 4.83. The Hall–Kier alpha value is -0.740. The molecule has 1 nitrogen and oxygen atoms in total. The zero-order valence-corrected chi connectivity index (χ0v) is 7.97. The topological polar surface area (TPSA) is 12.0 Å². The van der Waals surface area contributed by atoms with Gasteiger partial charge in [0.2, 0.25) is 0 Å². The third kappa shape index (κ3) is 7.37. The Labute approximate surface area is 76.2 Å². The van der Waals surface area contributed by atoms with Gasteiger partial charge in [-0.1, -0.05) is 6.08 Å².